The van der Waals surface area contributed by atoms with Crippen molar-refractivity contribution in [2.75, 3.05) is 12.8 Å². The van der Waals surface area contributed by atoms with Crippen molar-refractivity contribution >= 4 is 27.0 Å². The summed E-state index contributed by atoms with van der Waals surface area (Å²) >= 11 is 1.51. The standard InChI is InChI=1S/C21H22N6O3S2.3H2/c1-12(2)32(28,29)15-6-4-14(5-7-15)16-10-24-19(22)18(25-16)21-27-26-20(30-21)17-8-13(9-23-3)11-31-17;;;/h4-8,10-12,23H,9H2,1-3H3,(H2,22,24);3*1H. The molecule has 0 aliphatic heterocycles. The topological polar surface area (TPSA) is 137 Å². The van der Waals surface area contributed by atoms with Gasteiger partial charge in [-0.3, -0.25) is 0 Å². The normalized spacial score (nSPS) is 11.9. The fourth-order valence-corrected chi connectivity index (χ4v) is 4.88. The molecule has 11 heteroatoms. The van der Waals surface area contributed by atoms with Gasteiger partial charge in [0.15, 0.2) is 21.3 Å². The van der Waals surface area contributed by atoms with Crippen molar-refractivity contribution in [2.24, 2.45) is 0 Å². The summed E-state index contributed by atoms with van der Waals surface area (Å²) in [4.78, 5) is 9.85. The van der Waals surface area contributed by atoms with Gasteiger partial charge in [0.05, 0.1) is 26.9 Å². The van der Waals surface area contributed by atoms with Gasteiger partial charge in [0.1, 0.15) is 0 Å². The highest BCUT2D eigenvalue weighted by atomic mass is 32.2. The van der Waals surface area contributed by atoms with E-state index in [1.54, 1.807) is 38.1 Å². The molecule has 0 amide bonds. The first-order valence-electron chi connectivity index (χ1n) is 9.82. The molecule has 3 N–H and O–H groups in total. The number of benzene rings is 1. The molecule has 172 valence electrons. The summed E-state index contributed by atoms with van der Waals surface area (Å²) in [6.07, 6.45) is 1.52. The number of hydrogen-bond donors (Lipinski definition) is 2. The highest BCUT2D eigenvalue weighted by Gasteiger charge is 2.20. The SMILES string of the molecule is CNCc1csc(-c2nnc(-c3nc(-c4ccc(S(=O)(=O)C(C)C)cc4)cnc3N)o2)c1.[HH].[HH].[HH]. The van der Waals surface area contributed by atoms with E-state index in [1.807, 2.05) is 18.5 Å². The molecule has 0 atom stereocenters. The Morgan fingerprint density at radius 1 is 1.19 bits per heavy atom. The summed E-state index contributed by atoms with van der Waals surface area (Å²) in [5.41, 5.74) is 8.61. The summed E-state index contributed by atoms with van der Waals surface area (Å²) in [5.74, 6) is 0.696. The van der Waals surface area contributed by atoms with Crippen LogP contribution in [0.2, 0.25) is 0 Å². The Kier molecular flexibility index (Phi) is 6.04. The van der Waals surface area contributed by atoms with Crippen LogP contribution in [0.15, 0.2) is 51.2 Å². The number of nitrogen functional groups attached to an aromatic ring is 1. The fraction of sp³-hybridized carbons (Fsp3) is 0.238. The maximum Gasteiger partial charge on any atom is 0.270 e. The first kappa shape index (κ1) is 22.1. The zero-order chi connectivity index (χ0) is 22.9. The number of hydrogen-bond acceptors (Lipinski definition) is 10. The van der Waals surface area contributed by atoms with Crippen molar-refractivity contribution < 1.29 is 17.1 Å². The maximum absolute atomic E-state index is 12.3. The predicted octanol–water partition coefficient (Wildman–Crippen LogP) is 4.14. The fourth-order valence-electron chi connectivity index (χ4n) is 2.99. The third kappa shape index (κ3) is 4.27. The number of rotatable bonds is 7. The van der Waals surface area contributed by atoms with Crippen LogP contribution in [0.25, 0.3) is 33.6 Å². The Hall–Kier alpha value is -3.15. The van der Waals surface area contributed by atoms with Crippen LogP contribution in [-0.2, 0) is 16.4 Å². The van der Waals surface area contributed by atoms with E-state index in [2.05, 4.69) is 25.5 Å². The van der Waals surface area contributed by atoms with Crippen LogP contribution < -0.4 is 11.1 Å². The third-order valence-corrected chi connectivity index (χ3v) is 7.91. The molecule has 4 aromatic rings. The number of aromatic nitrogens is 4. The Bertz CT molecular complexity index is 1360. The molecular weight excluding hydrogens is 448 g/mol. The molecule has 1 aromatic carbocycles. The predicted molar refractivity (Wildman–Crippen MR) is 130 cm³/mol. The maximum atomic E-state index is 12.3. The van der Waals surface area contributed by atoms with E-state index in [1.165, 1.54) is 17.5 Å². The molecule has 0 saturated heterocycles. The zero-order valence-corrected chi connectivity index (χ0v) is 19.4. The van der Waals surface area contributed by atoms with E-state index in [-0.39, 0.29) is 26.6 Å². The summed E-state index contributed by atoms with van der Waals surface area (Å²) < 4.78 is 30.5. The van der Waals surface area contributed by atoms with Crippen molar-refractivity contribution in [3.05, 3.63) is 47.5 Å². The molecule has 0 saturated carbocycles. The van der Waals surface area contributed by atoms with Crippen molar-refractivity contribution in [3.63, 3.8) is 0 Å². The molecule has 0 aliphatic rings. The second kappa shape index (κ2) is 8.77. The molecule has 32 heavy (non-hydrogen) atoms. The Labute approximate surface area is 194 Å². The average Bonchev–Trinajstić information content (AvgIpc) is 3.44. The number of sulfone groups is 1. The number of anilines is 1. The van der Waals surface area contributed by atoms with E-state index in [0.717, 1.165) is 17.0 Å². The lowest BCUT2D eigenvalue weighted by atomic mass is 10.1. The summed E-state index contributed by atoms with van der Waals surface area (Å²) in [6.45, 7) is 4.05. The lowest BCUT2D eigenvalue weighted by Gasteiger charge is -2.09. The van der Waals surface area contributed by atoms with Crippen molar-refractivity contribution in [3.8, 4) is 33.6 Å². The zero-order valence-electron chi connectivity index (χ0n) is 17.7. The van der Waals surface area contributed by atoms with Gasteiger partial charge in [0.25, 0.3) is 11.8 Å². The van der Waals surface area contributed by atoms with Crippen LogP contribution in [0.1, 0.15) is 23.7 Å². The van der Waals surface area contributed by atoms with E-state index in [0.29, 0.717) is 17.1 Å². The molecule has 3 heterocycles. The average molecular weight is 477 g/mol. The van der Waals surface area contributed by atoms with E-state index in [4.69, 9.17) is 10.2 Å². The van der Waals surface area contributed by atoms with Crippen molar-refractivity contribution in [2.45, 2.75) is 30.5 Å². The van der Waals surface area contributed by atoms with Gasteiger partial charge in [0.2, 0.25) is 0 Å². The largest absolute Gasteiger partial charge is 0.414 e. The highest BCUT2D eigenvalue weighted by Crippen LogP contribution is 2.31. The Balaban J connectivity index is 0.00000204. The van der Waals surface area contributed by atoms with Crippen LogP contribution in [0.3, 0.4) is 0 Å². The molecule has 3 aromatic heterocycles. The molecule has 0 spiro atoms. The second-order valence-electron chi connectivity index (χ2n) is 7.37. The molecular formula is C21H28N6O3S2. The molecule has 0 bridgehead atoms. The lowest BCUT2D eigenvalue weighted by Crippen LogP contribution is -2.13. The van der Waals surface area contributed by atoms with Gasteiger partial charge in [0, 0.05) is 16.4 Å². The number of thiophene rings is 1. The Morgan fingerprint density at radius 3 is 2.59 bits per heavy atom. The number of nitrogens with zero attached hydrogens (tertiary/aromatic N) is 4. The molecule has 0 aliphatic carbocycles. The van der Waals surface area contributed by atoms with E-state index in [9.17, 15) is 8.42 Å². The summed E-state index contributed by atoms with van der Waals surface area (Å²) in [7, 11) is -1.47. The van der Waals surface area contributed by atoms with Crippen molar-refractivity contribution in [1.82, 2.24) is 25.5 Å². The van der Waals surface area contributed by atoms with Gasteiger partial charge in [-0.15, -0.1) is 21.5 Å². The van der Waals surface area contributed by atoms with E-state index < -0.39 is 15.1 Å². The first-order valence-corrected chi connectivity index (χ1v) is 12.2. The molecule has 0 fully saturated rings. The minimum Gasteiger partial charge on any atom is -0.414 e. The van der Waals surface area contributed by atoms with Gasteiger partial charge in [-0.05, 0) is 50.0 Å². The molecule has 0 unspecified atom stereocenters. The lowest BCUT2D eigenvalue weighted by molar-refractivity contribution is 0.583. The summed E-state index contributed by atoms with van der Waals surface area (Å²) in [6, 6.07) is 8.48. The number of nitrogens with one attached hydrogen (secondary N) is 1. The van der Waals surface area contributed by atoms with E-state index >= 15 is 0 Å². The first-order chi connectivity index (χ1) is 15.3. The third-order valence-electron chi connectivity index (χ3n) is 4.77. The molecule has 9 nitrogen and oxygen atoms in total. The van der Waals surface area contributed by atoms with Gasteiger partial charge in [-0.25, -0.2) is 18.4 Å². The van der Waals surface area contributed by atoms with Gasteiger partial charge < -0.3 is 15.5 Å². The van der Waals surface area contributed by atoms with Crippen molar-refractivity contribution in [1.29, 1.82) is 0 Å². The second-order valence-corrected chi connectivity index (χ2v) is 10.8. The quantitative estimate of drug-likeness (QED) is 0.403. The summed E-state index contributed by atoms with van der Waals surface area (Å²) in [5, 5.41) is 12.8. The smallest absolute Gasteiger partial charge is 0.270 e. The van der Waals surface area contributed by atoms with Gasteiger partial charge in [-0.1, -0.05) is 12.1 Å². The monoisotopic (exact) mass is 476 g/mol. The minimum absolute atomic E-state index is 0. The van der Waals surface area contributed by atoms with Crippen LogP contribution in [-0.4, -0.2) is 40.9 Å². The van der Waals surface area contributed by atoms with Crippen LogP contribution in [0.4, 0.5) is 5.82 Å². The highest BCUT2D eigenvalue weighted by molar-refractivity contribution is 7.92. The van der Waals surface area contributed by atoms with Crippen LogP contribution >= 0.6 is 11.3 Å². The molecule has 4 rings (SSSR count). The van der Waals surface area contributed by atoms with Crippen LogP contribution in [0, 0.1) is 0 Å². The van der Waals surface area contributed by atoms with Gasteiger partial charge in [-0.2, -0.15) is 0 Å². The Morgan fingerprint density at radius 2 is 1.91 bits per heavy atom. The van der Waals surface area contributed by atoms with Crippen LogP contribution in [0.5, 0.6) is 0 Å². The van der Waals surface area contributed by atoms with Gasteiger partial charge >= 0.3 is 0 Å². The minimum atomic E-state index is -3.35. The molecule has 0 radical (unpaired) electrons. The number of nitrogens with two attached hydrogens (primary N) is 1.